The first kappa shape index (κ1) is 22.3. The molecule has 0 aliphatic carbocycles. The molecular weight excluding hydrogens is 456 g/mol. The Morgan fingerprint density at radius 1 is 1.29 bits per heavy atom. The molecule has 1 aliphatic heterocycles. The number of halogens is 4. The molecule has 3 aromatic heterocycles. The highest BCUT2D eigenvalue weighted by atomic mass is 19.3. The minimum atomic E-state index is -2.99. The molecule has 4 aromatic rings. The monoisotopic (exact) mass is 478 g/mol. The normalized spacial score (nSPS) is 18.6. The van der Waals surface area contributed by atoms with Crippen molar-refractivity contribution < 1.29 is 22.3 Å². The number of hydrogen-bond acceptors (Lipinski definition) is 7. The van der Waals surface area contributed by atoms with Crippen LogP contribution in [0.25, 0.3) is 27.7 Å². The third-order valence-electron chi connectivity index (χ3n) is 5.94. The fourth-order valence-corrected chi connectivity index (χ4v) is 4.31. The maximum absolute atomic E-state index is 15.1. The fourth-order valence-electron chi connectivity index (χ4n) is 4.31. The van der Waals surface area contributed by atoms with Gasteiger partial charge in [-0.2, -0.15) is 4.98 Å². The zero-order chi connectivity index (χ0) is 24.0. The van der Waals surface area contributed by atoms with Gasteiger partial charge in [0.15, 0.2) is 5.82 Å². The van der Waals surface area contributed by atoms with Crippen LogP contribution in [0.4, 0.5) is 23.5 Å². The molecule has 4 heterocycles. The van der Waals surface area contributed by atoms with E-state index in [9.17, 15) is 13.2 Å². The van der Waals surface area contributed by atoms with Gasteiger partial charge < -0.3 is 15.0 Å². The first-order chi connectivity index (χ1) is 16.3. The first-order valence-electron chi connectivity index (χ1n) is 10.7. The maximum Gasteiger partial charge on any atom is 0.280 e. The van der Waals surface area contributed by atoms with E-state index in [0.29, 0.717) is 23.1 Å². The van der Waals surface area contributed by atoms with Crippen molar-refractivity contribution in [1.29, 1.82) is 0 Å². The summed E-state index contributed by atoms with van der Waals surface area (Å²) in [5, 5.41) is 14.8. The van der Waals surface area contributed by atoms with E-state index < -0.39 is 24.5 Å². The summed E-state index contributed by atoms with van der Waals surface area (Å²) in [6, 6.07) is 3.78. The van der Waals surface area contributed by atoms with Gasteiger partial charge in [-0.15, -0.1) is 10.2 Å². The summed E-state index contributed by atoms with van der Waals surface area (Å²) in [4.78, 5) is 5.80. The van der Waals surface area contributed by atoms with Crippen LogP contribution in [0.1, 0.15) is 6.42 Å². The molecule has 1 saturated heterocycles. The van der Waals surface area contributed by atoms with Gasteiger partial charge >= 0.3 is 0 Å². The van der Waals surface area contributed by atoms with Crippen LogP contribution in [0.5, 0.6) is 5.88 Å². The second-order valence-corrected chi connectivity index (χ2v) is 8.28. The van der Waals surface area contributed by atoms with Gasteiger partial charge in [0.25, 0.3) is 5.92 Å². The first-order valence-corrected chi connectivity index (χ1v) is 10.7. The van der Waals surface area contributed by atoms with Crippen LogP contribution in [-0.2, 0) is 6.54 Å². The Hall–Kier alpha value is -3.48. The van der Waals surface area contributed by atoms with E-state index in [2.05, 4.69) is 25.7 Å². The van der Waals surface area contributed by atoms with Crippen molar-refractivity contribution in [3.63, 3.8) is 0 Å². The van der Waals surface area contributed by atoms with Crippen LogP contribution in [-0.4, -0.2) is 80.4 Å². The Morgan fingerprint density at radius 2 is 2.12 bits per heavy atom. The molecule has 9 nitrogen and oxygen atoms in total. The van der Waals surface area contributed by atoms with Crippen LogP contribution in [0.15, 0.2) is 24.4 Å². The molecule has 13 heteroatoms. The Bertz CT molecular complexity index is 1350. The summed E-state index contributed by atoms with van der Waals surface area (Å²) >= 11 is 0. The van der Waals surface area contributed by atoms with Crippen molar-refractivity contribution in [3.8, 4) is 17.0 Å². The van der Waals surface area contributed by atoms with Gasteiger partial charge in [0.05, 0.1) is 43.5 Å². The molecule has 34 heavy (non-hydrogen) atoms. The van der Waals surface area contributed by atoms with E-state index in [1.807, 2.05) is 0 Å². The van der Waals surface area contributed by atoms with Gasteiger partial charge in [0, 0.05) is 6.54 Å². The lowest BCUT2D eigenvalue weighted by Crippen LogP contribution is -2.53. The van der Waals surface area contributed by atoms with Crippen molar-refractivity contribution in [2.45, 2.75) is 24.9 Å². The van der Waals surface area contributed by atoms with E-state index in [4.69, 9.17) is 4.74 Å². The third-order valence-corrected chi connectivity index (χ3v) is 5.94. The number of piperidine rings is 1. The molecule has 0 radical (unpaired) electrons. The van der Waals surface area contributed by atoms with E-state index in [-0.39, 0.29) is 42.4 Å². The number of anilines is 1. The number of ether oxygens (including phenoxy) is 1. The maximum atomic E-state index is 15.1. The molecule has 1 aromatic carbocycles. The van der Waals surface area contributed by atoms with Gasteiger partial charge in [-0.3, -0.25) is 0 Å². The second kappa shape index (κ2) is 8.38. The summed E-state index contributed by atoms with van der Waals surface area (Å²) in [6.45, 7) is -0.504. The summed E-state index contributed by atoms with van der Waals surface area (Å²) < 4.78 is 65.0. The van der Waals surface area contributed by atoms with Crippen LogP contribution < -0.4 is 10.1 Å². The fraction of sp³-hybridized carbons (Fsp3) is 0.429. The molecule has 5 rings (SSSR count). The third kappa shape index (κ3) is 3.79. The van der Waals surface area contributed by atoms with Crippen LogP contribution in [0, 0.1) is 5.82 Å². The van der Waals surface area contributed by atoms with Crippen molar-refractivity contribution in [1.82, 2.24) is 34.5 Å². The molecule has 0 amide bonds. The number of fused-ring (bicyclic) bond motifs is 2. The number of likely N-dealkylation sites (tertiary alicyclic amines) is 1. The zero-order valence-corrected chi connectivity index (χ0v) is 18.5. The van der Waals surface area contributed by atoms with Crippen molar-refractivity contribution in [2.75, 3.05) is 39.2 Å². The quantitative estimate of drug-likeness (QED) is 0.427. The van der Waals surface area contributed by atoms with Crippen molar-refractivity contribution in [3.05, 3.63) is 30.2 Å². The lowest BCUT2D eigenvalue weighted by Gasteiger charge is -2.36. The number of alkyl halides is 3. The number of rotatable bonds is 6. The lowest BCUT2D eigenvalue weighted by atomic mass is 10.0. The van der Waals surface area contributed by atoms with Crippen LogP contribution >= 0.6 is 0 Å². The number of hydrogen-bond donors (Lipinski definition) is 1. The Balaban J connectivity index is 1.57. The van der Waals surface area contributed by atoms with Crippen molar-refractivity contribution in [2.24, 2.45) is 0 Å². The number of nitrogens with one attached hydrogen (secondary N) is 1. The van der Waals surface area contributed by atoms with Gasteiger partial charge in [0.2, 0.25) is 11.8 Å². The largest absolute Gasteiger partial charge is 0.479 e. The number of methoxy groups -OCH3 is 1. The van der Waals surface area contributed by atoms with Gasteiger partial charge in [0.1, 0.15) is 17.7 Å². The number of aromatic nitrogens is 6. The molecule has 0 bridgehead atoms. The Morgan fingerprint density at radius 3 is 2.85 bits per heavy atom. The summed E-state index contributed by atoms with van der Waals surface area (Å²) in [5.74, 6) is -3.68. The predicted molar refractivity (Wildman–Crippen MR) is 116 cm³/mol. The summed E-state index contributed by atoms with van der Waals surface area (Å²) in [6.07, 6.45) is 1.33. The number of benzene rings is 1. The Labute approximate surface area is 191 Å². The number of nitrogens with zero attached hydrogens (tertiary/aromatic N) is 7. The predicted octanol–water partition coefficient (Wildman–Crippen LogP) is 3.01. The molecule has 0 spiro atoms. The topological polar surface area (TPSA) is 85.4 Å². The molecule has 1 unspecified atom stereocenters. The molecule has 1 fully saturated rings. The minimum absolute atomic E-state index is 0.0159. The molecule has 0 saturated carbocycles. The van der Waals surface area contributed by atoms with Crippen LogP contribution in [0.2, 0.25) is 0 Å². The van der Waals surface area contributed by atoms with Crippen molar-refractivity contribution >= 4 is 22.5 Å². The molecular formula is C21H22F4N8O. The number of aryl methyl sites for hydroxylation is 1. The van der Waals surface area contributed by atoms with Crippen LogP contribution in [0.3, 0.4) is 0 Å². The lowest BCUT2D eigenvalue weighted by molar-refractivity contribution is -0.0675. The second-order valence-electron chi connectivity index (χ2n) is 8.28. The van der Waals surface area contributed by atoms with Gasteiger partial charge in [-0.05, 0) is 31.2 Å². The molecule has 1 atom stereocenters. The minimum Gasteiger partial charge on any atom is -0.479 e. The zero-order valence-electron chi connectivity index (χ0n) is 18.5. The average Bonchev–Trinajstić information content (AvgIpc) is 3.34. The highest BCUT2D eigenvalue weighted by Gasteiger charge is 2.44. The average molecular weight is 478 g/mol. The SMILES string of the molecule is COc1nc(NC2CCN(C)CC2(F)F)nn2cc(F)c(-c3ccc4nnn(CCF)c4c3)c12. The molecule has 1 N–H and O–H groups in total. The Kier molecular flexibility index (Phi) is 5.50. The molecule has 180 valence electrons. The summed E-state index contributed by atoms with van der Waals surface area (Å²) in [5.41, 5.74) is 1.92. The standard InChI is InChI=1S/C21H22F4N8O/c1-31-7-5-16(21(24,25)11-31)26-20-27-19(34-2)18-17(13(23)10-33(18)29-20)12-3-4-14-15(9-12)32(8-6-22)30-28-14/h3-4,9-10,16H,5-8,11H2,1-2H3,(H,26,29). The van der Waals surface area contributed by atoms with E-state index in [0.717, 1.165) is 6.20 Å². The van der Waals surface area contributed by atoms with E-state index >= 15 is 4.39 Å². The summed E-state index contributed by atoms with van der Waals surface area (Å²) in [7, 11) is 2.99. The molecule has 1 aliphatic rings. The van der Waals surface area contributed by atoms with Gasteiger partial charge in [-0.1, -0.05) is 11.3 Å². The smallest absolute Gasteiger partial charge is 0.280 e. The van der Waals surface area contributed by atoms with E-state index in [1.165, 1.54) is 16.3 Å². The van der Waals surface area contributed by atoms with E-state index in [1.54, 1.807) is 30.1 Å². The highest BCUT2D eigenvalue weighted by molar-refractivity contribution is 5.89. The highest BCUT2D eigenvalue weighted by Crippen LogP contribution is 2.36. The van der Waals surface area contributed by atoms with Gasteiger partial charge in [-0.25, -0.2) is 26.8 Å².